The van der Waals surface area contributed by atoms with Crippen LogP contribution in [-0.2, 0) is 0 Å². The zero-order valence-electron chi connectivity index (χ0n) is 7.37. The van der Waals surface area contributed by atoms with E-state index in [9.17, 15) is 0 Å². The Balaban J connectivity index is 2.32. The number of nitrogens with two attached hydrogens (primary N) is 1. The van der Waals surface area contributed by atoms with Crippen LogP contribution in [0.15, 0.2) is 32.2 Å². The van der Waals surface area contributed by atoms with Crippen molar-refractivity contribution in [1.29, 1.82) is 0 Å². The molecule has 0 fully saturated rings. The van der Waals surface area contributed by atoms with Gasteiger partial charge in [-0.25, -0.2) is 0 Å². The second kappa shape index (κ2) is 3.90. The average Bonchev–Trinajstić information content (AvgIpc) is 2.50. The summed E-state index contributed by atoms with van der Waals surface area (Å²) in [6.07, 6.45) is 0.837. The number of hydrogen-bond acceptors (Lipinski definition) is 3. The van der Waals surface area contributed by atoms with E-state index in [4.69, 9.17) is 5.73 Å². The fourth-order valence-corrected chi connectivity index (χ4v) is 2.62. The molecule has 3 nitrogen and oxygen atoms in total. The lowest BCUT2D eigenvalue weighted by Gasteiger charge is -2.13. The second-order valence-electron chi connectivity index (χ2n) is 3.09. The third-order valence-corrected chi connectivity index (χ3v) is 2.89. The zero-order valence-corrected chi connectivity index (χ0v) is 10.5. The lowest BCUT2D eigenvalue weighted by molar-refractivity contribution is 0.921. The van der Waals surface area contributed by atoms with Crippen LogP contribution in [0.3, 0.4) is 0 Å². The average molecular weight is 319 g/mol. The summed E-state index contributed by atoms with van der Waals surface area (Å²) in [5.41, 5.74) is 6.67. The molecule has 14 heavy (non-hydrogen) atoms. The Labute approximate surface area is 99.2 Å². The molecule has 74 valence electrons. The van der Waals surface area contributed by atoms with Crippen molar-refractivity contribution in [3.05, 3.63) is 27.1 Å². The largest absolute Gasteiger partial charge is 0.386 e. The monoisotopic (exact) mass is 317 g/mol. The van der Waals surface area contributed by atoms with Gasteiger partial charge in [-0.15, -0.1) is 0 Å². The molecule has 1 heterocycles. The molecule has 1 aromatic rings. The molecule has 1 aromatic carbocycles. The van der Waals surface area contributed by atoms with Gasteiger partial charge in [0.2, 0.25) is 0 Å². The number of hydrazone groups is 1. The Morgan fingerprint density at radius 1 is 1.21 bits per heavy atom. The highest BCUT2D eigenvalue weighted by molar-refractivity contribution is 9.11. The van der Waals surface area contributed by atoms with Gasteiger partial charge < -0.3 is 5.73 Å². The van der Waals surface area contributed by atoms with Crippen LogP contribution in [0.25, 0.3) is 0 Å². The molecular weight excluding hydrogens is 310 g/mol. The molecule has 0 unspecified atom stereocenters. The minimum atomic E-state index is 0.695. The van der Waals surface area contributed by atoms with Gasteiger partial charge in [-0.05, 0) is 18.2 Å². The Morgan fingerprint density at radius 2 is 1.86 bits per heavy atom. The second-order valence-corrected chi connectivity index (χ2v) is 4.92. The van der Waals surface area contributed by atoms with Crippen LogP contribution < -0.4 is 10.7 Å². The predicted octanol–water partition coefficient (Wildman–Crippen LogP) is 2.69. The third-order valence-electron chi connectivity index (χ3n) is 1.97. The molecular formula is C9H9Br2N3. The van der Waals surface area contributed by atoms with E-state index in [0.717, 1.165) is 27.6 Å². The van der Waals surface area contributed by atoms with Gasteiger partial charge in [0.1, 0.15) is 5.84 Å². The lowest BCUT2D eigenvalue weighted by atomic mass is 10.3. The summed E-state index contributed by atoms with van der Waals surface area (Å²) < 4.78 is 2.06. The minimum Gasteiger partial charge on any atom is -0.386 e. The van der Waals surface area contributed by atoms with Crippen molar-refractivity contribution in [1.82, 2.24) is 0 Å². The van der Waals surface area contributed by atoms with E-state index in [1.54, 1.807) is 0 Å². The van der Waals surface area contributed by atoms with Gasteiger partial charge in [0.25, 0.3) is 0 Å². The van der Waals surface area contributed by atoms with E-state index in [-0.39, 0.29) is 0 Å². The van der Waals surface area contributed by atoms with Crippen molar-refractivity contribution in [3.8, 4) is 0 Å². The van der Waals surface area contributed by atoms with Crippen molar-refractivity contribution in [2.24, 2.45) is 10.8 Å². The standard InChI is InChI=1S/C9H9Br2N3/c10-6-3-7(11)5-8(4-6)14-2-1-9(12)13-14/h3-5H,1-2H2,(H2,12,13). The van der Waals surface area contributed by atoms with Gasteiger partial charge in [0.15, 0.2) is 0 Å². The normalized spacial score (nSPS) is 15.9. The number of halogens is 2. The highest BCUT2D eigenvalue weighted by Gasteiger charge is 2.13. The van der Waals surface area contributed by atoms with Gasteiger partial charge in [-0.1, -0.05) is 31.9 Å². The van der Waals surface area contributed by atoms with E-state index in [0.29, 0.717) is 5.84 Å². The maximum atomic E-state index is 5.62. The number of nitrogens with zero attached hydrogens (tertiary/aromatic N) is 2. The van der Waals surface area contributed by atoms with Gasteiger partial charge >= 0.3 is 0 Å². The van der Waals surface area contributed by atoms with Crippen LogP contribution in [0, 0.1) is 0 Å². The molecule has 0 saturated carbocycles. The van der Waals surface area contributed by atoms with E-state index in [1.807, 2.05) is 23.2 Å². The van der Waals surface area contributed by atoms with Crippen molar-refractivity contribution >= 4 is 43.4 Å². The van der Waals surface area contributed by atoms with Crippen LogP contribution >= 0.6 is 31.9 Å². The number of rotatable bonds is 1. The molecule has 0 spiro atoms. The number of anilines is 1. The summed E-state index contributed by atoms with van der Waals surface area (Å²) in [4.78, 5) is 0. The first-order chi connectivity index (χ1) is 6.65. The molecule has 1 aliphatic heterocycles. The van der Waals surface area contributed by atoms with E-state index in [2.05, 4.69) is 37.0 Å². The smallest absolute Gasteiger partial charge is 0.122 e. The van der Waals surface area contributed by atoms with Gasteiger partial charge in [0.05, 0.1) is 5.69 Å². The molecule has 5 heteroatoms. The fourth-order valence-electron chi connectivity index (χ4n) is 1.35. The first-order valence-corrected chi connectivity index (χ1v) is 5.80. The van der Waals surface area contributed by atoms with Gasteiger partial charge in [-0.3, -0.25) is 5.01 Å². The first kappa shape index (κ1) is 9.98. The maximum Gasteiger partial charge on any atom is 0.122 e. The van der Waals surface area contributed by atoms with E-state index >= 15 is 0 Å². The molecule has 0 radical (unpaired) electrons. The van der Waals surface area contributed by atoms with Crippen LogP contribution in [0.1, 0.15) is 6.42 Å². The number of amidine groups is 1. The Bertz CT molecular complexity index is 369. The SMILES string of the molecule is NC1=NN(c2cc(Br)cc(Br)c2)CC1. The summed E-state index contributed by atoms with van der Waals surface area (Å²) >= 11 is 6.88. The number of hydrogen-bond donors (Lipinski definition) is 1. The molecule has 0 saturated heterocycles. The van der Waals surface area contributed by atoms with E-state index in [1.165, 1.54) is 0 Å². The molecule has 2 N–H and O–H groups in total. The summed E-state index contributed by atoms with van der Waals surface area (Å²) in [5, 5.41) is 6.13. The Hall–Kier alpha value is -0.550. The van der Waals surface area contributed by atoms with Gasteiger partial charge in [0, 0.05) is 21.9 Å². The highest BCUT2D eigenvalue weighted by Crippen LogP contribution is 2.27. The molecule has 0 amide bonds. The molecule has 1 aliphatic rings. The van der Waals surface area contributed by atoms with Crippen molar-refractivity contribution < 1.29 is 0 Å². The van der Waals surface area contributed by atoms with Crippen LogP contribution in [-0.4, -0.2) is 12.4 Å². The first-order valence-electron chi connectivity index (χ1n) is 4.22. The topological polar surface area (TPSA) is 41.6 Å². The Kier molecular flexibility index (Phi) is 2.78. The quantitative estimate of drug-likeness (QED) is 0.865. The molecule has 0 aliphatic carbocycles. The van der Waals surface area contributed by atoms with Crippen molar-refractivity contribution in [3.63, 3.8) is 0 Å². The van der Waals surface area contributed by atoms with Crippen molar-refractivity contribution in [2.75, 3.05) is 11.6 Å². The van der Waals surface area contributed by atoms with Crippen molar-refractivity contribution in [2.45, 2.75) is 6.42 Å². The molecule has 0 bridgehead atoms. The van der Waals surface area contributed by atoms with E-state index < -0.39 is 0 Å². The Morgan fingerprint density at radius 3 is 2.36 bits per heavy atom. The summed E-state index contributed by atoms with van der Waals surface area (Å²) in [6, 6.07) is 6.03. The summed E-state index contributed by atoms with van der Waals surface area (Å²) in [6.45, 7) is 0.856. The molecule has 0 aromatic heterocycles. The minimum absolute atomic E-state index is 0.695. The maximum absolute atomic E-state index is 5.62. The summed E-state index contributed by atoms with van der Waals surface area (Å²) in [7, 11) is 0. The summed E-state index contributed by atoms with van der Waals surface area (Å²) in [5.74, 6) is 0.695. The molecule has 0 atom stereocenters. The van der Waals surface area contributed by atoms with Crippen LogP contribution in [0.4, 0.5) is 5.69 Å². The predicted molar refractivity (Wildman–Crippen MR) is 65.4 cm³/mol. The van der Waals surface area contributed by atoms with Crippen LogP contribution in [0.5, 0.6) is 0 Å². The number of benzene rings is 1. The van der Waals surface area contributed by atoms with Crippen LogP contribution in [0.2, 0.25) is 0 Å². The molecule has 2 rings (SSSR count). The highest BCUT2D eigenvalue weighted by atomic mass is 79.9. The zero-order chi connectivity index (χ0) is 10.1. The lowest BCUT2D eigenvalue weighted by Crippen LogP contribution is -2.11. The third kappa shape index (κ3) is 2.09. The van der Waals surface area contributed by atoms with Gasteiger partial charge in [-0.2, -0.15) is 5.10 Å². The fraction of sp³-hybridized carbons (Fsp3) is 0.222.